The molecule has 8 heavy (non-hydrogen) atoms. The molecule has 0 aliphatic carbocycles. The molecule has 3 heteroatoms. The van der Waals surface area contributed by atoms with Gasteiger partial charge in [0.2, 0.25) is 0 Å². The lowest BCUT2D eigenvalue weighted by atomic mass is 10.2. The summed E-state index contributed by atoms with van der Waals surface area (Å²) in [5.41, 5.74) is 0. The van der Waals surface area contributed by atoms with E-state index >= 15 is 0 Å². The molecule has 1 heterocycles. The van der Waals surface area contributed by atoms with Gasteiger partial charge >= 0.3 is 0 Å². The summed E-state index contributed by atoms with van der Waals surface area (Å²) in [5.74, 6) is -0.986. The van der Waals surface area contributed by atoms with Crippen LogP contribution >= 0.6 is 0 Å². The molecule has 0 aromatic heterocycles. The van der Waals surface area contributed by atoms with Crippen LogP contribution in [-0.4, -0.2) is 24.3 Å². The Hall–Kier alpha value is -0.120. The van der Waals surface area contributed by atoms with Crippen LogP contribution in [0.3, 0.4) is 0 Å². The van der Waals surface area contributed by atoms with E-state index in [9.17, 15) is 0 Å². The molecule has 1 rings (SSSR count). The number of hydrogen-bond donors (Lipinski definition) is 1. The third-order valence-corrected chi connectivity index (χ3v) is 1.29. The van der Waals surface area contributed by atoms with Gasteiger partial charge in [-0.05, 0) is 0 Å². The van der Waals surface area contributed by atoms with Gasteiger partial charge in [0.25, 0.3) is 0 Å². The lowest BCUT2D eigenvalue weighted by Gasteiger charge is -2.15. The van der Waals surface area contributed by atoms with Crippen LogP contribution in [0.15, 0.2) is 0 Å². The topological polar surface area (TPSA) is 38.7 Å². The maximum Gasteiger partial charge on any atom is 0.191 e. The van der Waals surface area contributed by atoms with Crippen LogP contribution in [0.5, 0.6) is 0 Å². The van der Waals surface area contributed by atoms with Crippen LogP contribution in [0.1, 0.15) is 13.3 Å². The fourth-order valence-electron chi connectivity index (χ4n) is 0.598. The minimum atomic E-state index is -0.986. The Morgan fingerprint density at radius 3 is 2.75 bits per heavy atom. The smallest absolute Gasteiger partial charge is 0.191 e. The molecule has 0 saturated carbocycles. The Bertz CT molecular complexity index is 75.7. The Balaban J connectivity index is 2.40. The molecule has 0 spiro atoms. The summed E-state index contributed by atoms with van der Waals surface area (Å²) in [6, 6.07) is 0. The summed E-state index contributed by atoms with van der Waals surface area (Å²) in [4.78, 5) is 0. The van der Waals surface area contributed by atoms with E-state index in [0.29, 0.717) is 13.0 Å². The molecule has 1 unspecified atom stereocenters. The first-order chi connectivity index (χ1) is 3.77. The standard InChI is InChI=1S/C5H10O3/c1-2-5(6)3-7-4-8-5/h6H,2-4H2,1H3. The van der Waals surface area contributed by atoms with Crippen molar-refractivity contribution in [3.63, 3.8) is 0 Å². The fraction of sp³-hybridized carbons (Fsp3) is 1.00. The first-order valence-electron chi connectivity index (χ1n) is 2.71. The van der Waals surface area contributed by atoms with Gasteiger partial charge in [0.05, 0.1) is 0 Å². The summed E-state index contributed by atoms with van der Waals surface area (Å²) in [6.45, 7) is 2.39. The zero-order valence-corrected chi connectivity index (χ0v) is 4.89. The molecule has 1 atom stereocenters. The van der Waals surface area contributed by atoms with Gasteiger partial charge in [-0.1, -0.05) is 6.92 Å². The predicted octanol–water partition coefficient (Wildman–Crippen LogP) is 0.0893. The molecule has 1 saturated heterocycles. The van der Waals surface area contributed by atoms with E-state index in [1.165, 1.54) is 0 Å². The highest BCUT2D eigenvalue weighted by molar-refractivity contribution is 4.65. The van der Waals surface area contributed by atoms with Gasteiger partial charge in [-0.3, -0.25) is 0 Å². The predicted molar refractivity (Wildman–Crippen MR) is 27.1 cm³/mol. The summed E-state index contributed by atoms with van der Waals surface area (Å²) in [6.07, 6.45) is 0.590. The van der Waals surface area contributed by atoms with Crippen molar-refractivity contribution < 1.29 is 14.6 Å². The van der Waals surface area contributed by atoms with Crippen molar-refractivity contribution in [1.82, 2.24) is 0 Å². The van der Waals surface area contributed by atoms with Crippen LogP contribution in [0.2, 0.25) is 0 Å². The summed E-state index contributed by atoms with van der Waals surface area (Å²) in [5, 5.41) is 9.15. The first-order valence-corrected chi connectivity index (χ1v) is 2.71. The van der Waals surface area contributed by atoms with E-state index in [1.54, 1.807) is 0 Å². The number of rotatable bonds is 1. The molecule has 0 amide bonds. The lowest BCUT2D eigenvalue weighted by molar-refractivity contribution is -0.163. The van der Waals surface area contributed by atoms with Crippen LogP contribution in [-0.2, 0) is 9.47 Å². The van der Waals surface area contributed by atoms with Gasteiger partial charge in [0.1, 0.15) is 6.61 Å². The fourth-order valence-corrected chi connectivity index (χ4v) is 0.598. The third-order valence-electron chi connectivity index (χ3n) is 1.29. The van der Waals surface area contributed by atoms with Gasteiger partial charge < -0.3 is 14.6 Å². The number of ether oxygens (including phenoxy) is 2. The molecule has 0 aromatic rings. The largest absolute Gasteiger partial charge is 0.364 e. The second-order valence-corrected chi connectivity index (χ2v) is 1.91. The normalized spacial score (nSPS) is 38.2. The highest BCUT2D eigenvalue weighted by Crippen LogP contribution is 2.17. The summed E-state index contributed by atoms with van der Waals surface area (Å²) >= 11 is 0. The quantitative estimate of drug-likeness (QED) is 0.530. The third kappa shape index (κ3) is 0.992. The van der Waals surface area contributed by atoms with E-state index in [2.05, 4.69) is 0 Å². The molecule has 1 aliphatic heterocycles. The average Bonchev–Trinajstić information content (AvgIpc) is 2.17. The number of aliphatic hydroxyl groups is 1. The summed E-state index contributed by atoms with van der Waals surface area (Å²) < 4.78 is 9.60. The highest BCUT2D eigenvalue weighted by Gasteiger charge is 2.30. The van der Waals surface area contributed by atoms with E-state index in [1.807, 2.05) is 6.92 Å². The zero-order valence-electron chi connectivity index (χ0n) is 4.89. The van der Waals surface area contributed by atoms with Crippen molar-refractivity contribution >= 4 is 0 Å². The van der Waals surface area contributed by atoms with Crippen molar-refractivity contribution in [1.29, 1.82) is 0 Å². The highest BCUT2D eigenvalue weighted by atomic mass is 16.8. The second-order valence-electron chi connectivity index (χ2n) is 1.91. The number of hydrogen-bond acceptors (Lipinski definition) is 3. The van der Waals surface area contributed by atoms with Crippen molar-refractivity contribution in [2.24, 2.45) is 0 Å². The van der Waals surface area contributed by atoms with Gasteiger partial charge in [-0.2, -0.15) is 0 Å². The van der Waals surface area contributed by atoms with Crippen LogP contribution in [0, 0.1) is 0 Å². The molecule has 0 bridgehead atoms. The van der Waals surface area contributed by atoms with E-state index in [0.717, 1.165) is 0 Å². The molecule has 0 radical (unpaired) electrons. The van der Waals surface area contributed by atoms with Gasteiger partial charge in [-0.25, -0.2) is 0 Å². The minimum absolute atomic E-state index is 0.227. The Morgan fingerprint density at radius 1 is 1.75 bits per heavy atom. The molecule has 0 aromatic carbocycles. The van der Waals surface area contributed by atoms with Crippen molar-refractivity contribution in [2.45, 2.75) is 19.1 Å². The maximum atomic E-state index is 9.15. The average molecular weight is 118 g/mol. The van der Waals surface area contributed by atoms with Crippen molar-refractivity contribution in [3.05, 3.63) is 0 Å². The van der Waals surface area contributed by atoms with Crippen LogP contribution in [0.4, 0.5) is 0 Å². The van der Waals surface area contributed by atoms with Crippen molar-refractivity contribution in [2.75, 3.05) is 13.4 Å². The molecular weight excluding hydrogens is 108 g/mol. The van der Waals surface area contributed by atoms with Crippen LogP contribution < -0.4 is 0 Å². The van der Waals surface area contributed by atoms with Gasteiger partial charge in [0.15, 0.2) is 12.6 Å². The molecule has 1 aliphatic rings. The van der Waals surface area contributed by atoms with Gasteiger partial charge in [0, 0.05) is 6.42 Å². The Morgan fingerprint density at radius 2 is 2.50 bits per heavy atom. The second kappa shape index (κ2) is 2.01. The maximum absolute atomic E-state index is 9.15. The lowest BCUT2D eigenvalue weighted by Crippen LogP contribution is -2.29. The Kier molecular flexibility index (Phi) is 1.51. The van der Waals surface area contributed by atoms with Gasteiger partial charge in [-0.15, -0.1) is 0 Å². The zero-order chi connectivity index (χ0) is 6.04. The molecule has 1 N–H and O–H groups in total. The molecular formula is C5H10O3. The van der Waals surface area contributed by atoms with Crippen molar-refractivity contribution in [3.8, 4) is 0 Å². The van der Waals surface area contributed by atoms with E-state index in [-0.39, 0.29) is 6.79 Å². The van der Waals surface area contributed by atoms with E-state index in [4.69, 9.17) is 14.6 Å². The minimum Gasteiger partial charge on any atom is -0.364 e. The monoisotopic (exact) mass is 118 g/mol. The van der Waals surface area contributed by atoms with E-state index < -0.39 is 5.79 Å². The Labute approximate surface area is 48.2 Å². The SMILES string of the molecule is CCC1(O)COCO1. The first kappa shape index (κ1) is 6.01. The summed E-state index contributed by atoms with van der Waals surface area (Å²) in [7, 11) is 0. The molecule has 1 fully saturated rings. The van der Waals surface area contributed by atoms with Crippen LogP contribution in [0.25, 0.3) is 0 Å². The molecule has 3 nitrogen and oxygen atoms in total. The molecule has 48 valence electrons.